The number of carbonyl (C=O) groups is 4. The Hall–Kier alpha value is -4.20. The van der Waals surface area contributed by atoms with Gasteiger partial charge in [-0.25, -0.2) is 4.79 Å². The monoisotopic (exact) mass is 404 g/mol. The molecule has 4 rings (SSSR count). The predicted octanol–water partition coefficient (Wildman–Crippen LogP) is 2.98. The van der Waals surface area contributed by atoms with Crippen molar-refractivity contribution in [2.24, 2.45) is 0 Å². The first-order valence-corrected chi connectivity index (χ1v) is 9.12. The fraction of sp³-hybridized carbons (Fsp3) is 0.0909. The number of esters is 1. The van der Waals surface area contributed by atoms with Crippen LogP contribution in [-0.2, 0) is 4.74 Å². The Morgan fingerprint density at radius 3 is 2.23 bits per heavy atom. The third-order valence-corrected chi connectivity index (χ3v) is 4.57. The highest BCUT2D eigenvalue weighted by Crippen LogP contribution is 2.22. The van der Waals surface area contributed by atoms with Crippen LogP contribution in [0.3, 0.4) is 0 Å². The van der Waals surface area contributed by atoms with Gasteiger partial charge >= 0.3 is 5.97 Å². The van der Waals surface area contributed by atoms with Crippen LogP contribution in [0.25, 0.3) is 0 Å². The quantitative estimate of drug-likeness (QED) is 0.500. The summed E-state index contributed by atoms with van der Waals surface area (Å²) < 4.78 is 10.3. The fourth-order valence-electron chi connectivity index (χ4n) is 3.11. The van der Waals surface area contributed by atoms with Crippen molar-refractivity contribution < 1.29 is 28.3 Å². The van der Waals surface area contributed by atoms with Crippen LogP contribution in [0.4, 0.5) is 5.69 Å². The van der Waals surface area contributed by atoms with Gasteiger partial charge in [0.05, 0.1) is 35.2 Å². The van der Waals surface area contributed by atoms with Crippen molar-refractivity contribution in [3.63, 3.8) is 0 Å². The van der Waals surface area contributed by atoms with Gasteiger partial charge in [0.25, 0.3) is 17.7 Å². The number of ether oxygens (including phenoxy) is 1. The van der Waals surface area contributed by atoms with Crippen LogP contribution >= 0.6 is 0 Å². The van der Waals surface area contributed by atoms with E-state index in [1.54, 1.807) is 48.5 Å². The third kappa shape index (κ3) is 3.58. The Morgan fingerprint density at radius 1 is 0.900 bits per heavy atom. The van der Waals surface area contributed by atoms with E-state index in [-0.39, 0.29) is 30.2 Å². The van der Waals surface area contributed by atoms with Gasteiger partial charge in [-0.2, -0.15) is 0 Å². The number of nitrogens with zero attached hydrogens (tertiary/aromatic N) is 1. The van der Waals surface area contributed by atoms with Crippen molar-refractivity contribution in [1.82, 2.24) is 4.90 Å². The molecule has 0 saturated heterocycles. The van der Waals surface area contributed by atoms with Gasteiger partial charge in [0.15, 0.2) is 5.76 Å². The molecule has 1 aliphatic rings. The summed E-state index contributed by atoms with van der Waals surface area (Å²) in [7, 11) is 0. The van der Waals surface area contributed by atoms with Gasteiger partial charge in [-0.05, 0) is 36.4 Å². The molecule has 0 spiro atoms. The Labute approximate surface area is 171 Å². The van der Waals surface area contributed by atoms with E-state index < -0.39 is 23.7 Å². The molecule has 1 aromatic heterocycles. The number of imide groups is 1. The van der Waals surface area contributed by atoms with E-state index in [2.05, 4.69) is 5.32 Å². The van der Waals surface area contributed by atoms with Gasteiger partial charge in [-0.1, -0.05) is 24.3 Å². The van der Waals surface area contributed by atoms with Gasteiger partial charge in [0.2, 0.25) is 0 Å². The molecular weight excluding hydrogens is 388 g/mol. The molecule has 1 aliphatic heterocycles. The number of rotatable bonds is 6. The van der Waals surface area contributed by atoms with Crippen molar-refractivity contribution in [3.8, 4) is 0 Å². The summed E-state index contributed by atoms with van der Waals surface area (Å²) in [5.74, 6) is -1.94. The van der Waals surface area contributed by atoms with Crippen LogP contribution in [0.2, 0.25) is 0 Å². The zero-order valence-corrected chi connectivity index (χ0v) is 15.7. The molecule has 3 amide bonds. The molecule has 30 heavy (non-hydrogen) atoms. The standard InChI is InChI=1S/C22H16N2O6/c25-19(18-10-5-12-29-18)23-17-9-4-3-8-16(17)22(28)30-13-11-24-20(26)14-6-1-2-7-15(14)21(24)27/h1-10,12H,11,13H2,(H,23,25). The second-order valence-electron chi connectivity index (χ2n) is 6.42. The first kappa shape index (κ1) is 19.1. The molecule has 2 aromatic carbocycles. The van der Waals surface area contributed by atoms with Gasteiger partial charge in [0.1, 0.15) is 6.61 Å². The van der Waals surface area contributed by atoms with Crippen molar-refractivity contribution in [2.75, 3.05) is 18.5 Å². The summed E-state index contributed by atoms with van der Waals surface area (Å²) in [6.07, 6.45) is 1.37. The van der Waals surface area contributed by atoms with Crippen LogP contribution in [0, 0.1) is 0 Å². The Balaban J connectivity index is 1.39. The topological polar surface area (TPSA) is 106 Å². The molecule has 8 heteroatoms. The van der Waals surface area contributed by atoms with E-state index in [0.29, 0.717) is 11.1 Å². The van der Waals surface area contributed by atoms with Gasteiger partial charge in [-0.15, -0.1) is 0 Å². The number of benzene rings is 2. The molecule has 0 aliphatic carbocycles. The predicted molar refractivity (Wildman–Crippen MR) is 105 cm³/mol. The van der Waals surface area contributed by atoms with Gasteiger partial charge in [0, 0.05) is 0 Å². The number of hydrogen-bond donors (Lipinski definition) is 1. The number of amides is 3. The maximum absolute atomic E-state index is 12.5. The maximum Gasteiger partial charge on any atom is 0.340 e. The second kappa shape index (κ2) is 8.04. The summed E-state index contributed by atoms with van der Waals surface area (Å²) in [5.41, 5.74) is 1.06. The van der Waals surface area contributed by atoms with Crippen molar-refractivity contribution in [1.29, 1.82) is 0 Å². The van der Waals surface area contributed by atoms with Gasteiger partial charge < -0.3 is 14.5 Å². The normalized spacial score (nSPS) is 12.6. The van der Waals surface area contributed by atoms with Crippen LogP contribution < -0.4 is 5.32 Å². The SMILES string of the molecule is O=C(Nc1ccccc1C(=O)OCCN1C(=O)c2ccccc2C1=O)c1ccco1. The largest absolute Gasteiger partial charge is 0.460 e. The van der Waals surface area contributed by atoms with E-state index in [9.17, 15) is 19.2 Å². The average Bonchev–Trinajstić information content (AvgIpc) is 3.38. The highest BCUT2D eigenvalue weighted by Gasteiger charge is 2.34. The molecule has 2 heterocycles. The summed E-state index contributed by atoms with van der Waals surface area (Å²) >= 11 is 0. The number of nitrogens with one attached hydrogen (secondary N) is 1. The minimum Gasteiger partial charge on any atom is -0.460 e. The molecule has 0 atom stereocenters. The third-order valence-electron chi connectivity index (χ3n) is 4.57. The van der Waals surface area contributed by atoms with Crippen molar-refractivity contribution in [3.05, 3.63) is 89.4 Å². The first-order chi connectivity index (χ1) is 14.6. The zero-order valence-electron chi connectivity index (χ0n) is 15.7. The lowest BCUT2D eigenvalue weighted by Crippen LogP contribution is -2.33. The summed E-state index contributed by atoms with van der Waals surface area (Å²) in [6, 6.07) is 16.0. The summed E-state index contributed by atoms with van der Waals surface area (Å²) in [5, 5.41) is 2.60. The number of carbonyl (C=O) groups excluding carboxylic acids is 4. The van der Waals surface area contributed by atoms with Crippen molar-refractivity contribution >= 4 is 29.4 Å². The molecule has 0 bridgehead atoms. The molecule has 0 fully saturated rings. The van der Waals surface area contributed by atoms with Crippen LogP contribution in [0.5, 0.6) is 0 Å². The first-order valence-electron chi connectivity index (χ1n) is 9.12. The molecule has 8 nitrogen and oxygen atoms in total. The maximum atomic E-state index is 12.5. The lowest BCUT2D eigenvalue weighted by atomic mass is 10.1. The lowest BCUT2D eigenvalue weighted by Gasteiger charge is -2.14. The molecule has 1 N–H and O–H groups in total. The fourth-order valence-corrected chi connectivity index (χ4v) is 3.11. The minimum atomic E-state index is -0.693. The Morgan fingerprint density at radius 2 is 1.57 bits per heavy atom. The molecule has 3 aromatic rings. The highest BCUT2D eigenvalue weighted by molar-refractivity contribution is 6.21. The Bertz CT molecular complexity index is 1100. The average molecular weight is 404 g/mol. The number of furan rings is 1. The second-order valence-corrected chi connectivity index (χ2v) is 6.42. The number of anilines is 1. The van der Waals surface area contributed by atoms with Crippen LogP contribution in [-0.4, -0.2) is 41.7 Å². The van der Waals surface area contributed by atoms with E-state index >= 15 is 0 Å². The minimum absolute atomic E-state index is 0.0704. The molecule has 0 saturated carbocycles. The smallest absolute Gasteiger partial charge is 0.340 e. The summed E-state index contributed by atoms with van der Waals surface area (Å²) in [6.45, 7) is -0.246. The lowest BCUT2D eigenvalue weighted by molar-refractivity contribution is 0.0421. The van der Waals surface area contributed by atoms with E-state index in [4.69, 9.17) is 9.15 Å². The van der Waals surface area contributed by atoms with Crippen LogP contribution in [0.15, 0.2) is 71.3 Å². The molecule has 0 radical (unpaired) electrons. The number of fused-ring (bicyclic) bond motifs is 1. The van der Waals surface area contributed by atoms with E-state index in [1.165, 1.54) is 18.4 Å². The molecule has 150 valence electrons. The highest BCUT2D eigenvalue weighted by atomic mass is 16.5. The zero-order chi connectivity index (χ0) is 21.1. The van der Waals surface area contributed by atoms with E-state index in [0.717, 1.165) is 4.90 Å². The number of para-hydroxylation sites is 1. The Kier molecular flexibility index (Phi) is 5.13. The molecular formula is C22H16N2O6. The van der Waals surface area contributed by atoms with Crippen molar-refractivity contribution in [2.45, 2.75) is 0 Å². The molecule has 0 unspecified atom stereocenters. The van der Waals surface area contributed by atoms with Gasteiger partial charge in [-0.3, -0.25) is 19.3 Å². The van der Waals surface area contributed by atoms with E-state index in [1.807, 2.05) is 0 Å². The number of hydrogen-bond acceptors (Lipinski definition) is 6. The van der Waals surface area contributed by atoms with Crippen LogP contribution in [0.1, 0.15) is 41.6 Å². The summed E-state index contributed by atoms with van der Waals surface area (Å²) in [4.78, 5) is 50.4.